The van der Waals surface area contributed by atoms with Crippen molar-refractivity contribution < 1.29 is 9.59 Å². The molecule has 37 heavy (non-hydrogen) atoms. The fourth-order valence-electron chi connectivity index (χ4n) is 7.81. The molecule has 4 nitrogen and oxygen atoms in total. The van der Waals surface area contributed by atoms with Crippen LogP contribution in [0.15, 0.2) is 22.7 Å². The summed E-state index contributed by atoms with van der Waals surface area (Å²) in [7, 11) is 0. The Morgan fingerprint density at radius 2 is 0.892 bits per heavy atom. The average Bonchev–Trinajstić information content (AvgIpc) is 2.96. The second kappa shape index (κ2) is 13.1. The lowest BCUT2D eigenvalue weighted by Crippen LogP contribution is -2.49. The van der Waals surface area contributed by atoms with Crippen molar-refractivity contribution in [2.75, 3.05) is 0 Å². The molecule has 4 aliphatic carbocycles. The van der Waals surface area contributed by atoms with E-state index in [0.29, 0.717) is 35.3 Å². The van der Waals surface area contributed by atoms with Gasteiger partial charge >= 0.3 is 0 Å². The Bertz CT molecular complexity index is 873. The first-order chi connectivity index (χ1) is 18.1. The third kappa shape index (κ3) is 6.45. The topological polar surface area (TPSA) is 40.6 Å². The Labute approximate surface area is 233 Å². The highest BCUT2D eigenvalue weighted by Gasteiger charge is 2.36. The lowest BCUT2D eigenvalue weighted by Gasteiger charge is -2.42. The van der Waals surface area contributed by atoms with Crippen molar-refractivity contribution in [2.24, 2.45) is 0 Å². The maximum atomic E-state index is 14.3. The highest BCUT2D eigenvalue weighted by Crippen LogP contribution is 2.35. The average molecular weight is 572 g/mol. The number of halogens is 1. The summed E-state index contributed by atoms with van der Waals surface area (Å²) >= 11 is 3.71. The van der Waals surface area contributed by atoms with Gasteiger partial charge in [0.15, 0.2) is 0 Å². The van der Waals surface area contributed by atoms with Gasteiger partial charge in [0.2, 0.25) is 0 Å². The quantitative estimate of drug-likeness (QED) is 0.343. The lowest BCUT2D eigenvalue weighted by molar-refractivity contribution is 0.0446. The summed E-state index contributed by atoms with van der Waals surface area (Å²) in [4.78, 5) is 33.0. The fourth-order valence-corrected chi connectivity index (χ4v) is 8.22. The van der Waals surface area contributed by atoms with Crippen molar-refractivity contribution in [3.8, 4) is 0 Å². The molecule has 0 heterocycles. The van der Waals surface area contributed by atoms with E-state index in [1.807, 2.05) is 18.2 Å². The number of carbonyl (C=O) groups is 2. The maximum absolute atomic E-state index is 14.3. The van der Waals surface area contributed by atoms with Gasteiger partial charge in [-0.1, -0.05) is 77.0 Å². The third-order valence-corrected chi connectivity index (χ3v) is 10.5. The summed E-state index contributed by atoms with van der Waals surface area (Å²) in [6, 6.07) is 7.24. The standard InChI is InChI=1S/C32H47BrN2O2/c33-30-22-21-24(31(36)34(25-13-5-1-6-14-25)26-15-7-2-8-16-26)23-29(30)32(37)35(27-17-9-3-10-18-27)28-19-11-4-12-20-28/h21-23,25-28H,1-20H2. The van der Waals surface area contributed by atoms with Crippen LogP contribution in [0.25, 0.3) is 0 Å². The van der Waals surface area contributed by atoms with Crippen molar-refractivity contribution in [3.63, 3.8) is 0 Å². The van der Waals surface area contributed by atoms with Crippen LogP contribution in [0.2, 0.25) is 0 Å². The van der Waals surface area contributed by atoms with E-state index in [2.05, 4.69) is 25.7 Å². The molecule has 4 fully saturated rings. The van der Waals surface area contributed by atoms with Crippen LogP contribution in [0.1, 0.15) is 149 Å². The normalized spacial score (nSPS) is 23.1. The molecule has 1 aromatic rings. The molecule has 5 rings (SSSR count). The molecule has 5 heteroatoms. The summed E-state index contributed by atoms with van der Waals surface area (Å²) < 4.78 is 0.826. The van der Waals surface area contributed by atoms with E-state index in [1.165, 1.54) is 77.0 Å². The Balaban J connectivity index is 1.43. The van der Waals surface area contributed by atoms with Crippen molar-refractivity contribution in [3.05, 3.63) is 33.8 Å². The van der Waals surface area contributed by atoms with Gasteiger partial charge in [-0.15, -0.1) is 0 Å². The first-order valence-corrected chi connectivity index (χ1v) is 16.4. The number of hydrogen-bond acceptors (Lipinski definition) is 2. The van der Waals surface area contributed by atoms with E-state index >= 15 is 0 Å². The zero-order chi connectivity index (χ0) is 25.6. The lowest BCUT2D eigenvalue weighted by atomic mass is 9.87. The van der Waals surface area contributed by atoms with Crippen molar-refractivity contribution in [2.45, 2.75) is 153 Å². The van der Waals surface area contributed by atoms with Crippen molar-refractivity contribution in [1.82, 2.24) is 9.80 Å². The van der Waals surface area contributed by atoms with Crippen LogP contribution in [0.3, 0.4) is 0 Å². The Hall–Kier alpha value is -1.36. The molecule has 4 saturated carbocycles. The largest absolute Gasteiger partial charge is 0.333 e. The fraction of sp³-hybridized carbons (Fsp3) is 0.750. The molecular weight excluding hydrogens is 524 g/mol. The molecule has 204 valence electrons. The van der Waals surface area contributed by atoms with Crippen LogP contribution in [-0.2, 0) is 0 Å². The van der Waals surface area contributed by atoms with Crippen LogP contribution in [0, 0.1) is 0 Å². The molecule has 0 saturated heterocycles. The van der Waals surface area contributed by atoms with E-state index < -0.39 is 0 Å². The van der Waals surface area contributed by atoms with Gasteiger partial charge in [-0.3, -0.25) is 9.59 Å². The Morgan fingerprint density at radius 1 is 0.541 bits per heavy atom. The predicted octanol–water partition coefficient (Wildman–Crippen LogP) is 8.66. The Morgan fingerprint density at radius 3 is 1.27 bits per heavy atom. The summed E-state index contributed by atoms with van der Waals surface area (Å²) in [6.07, 6.45) is 23.9. The molecule has 0 radical (unpaired) electrons. The number of amides is 2. The smallest absolute Gasteiger partial charge is 0.255 e. The minimum atomic E-state index is 0.141. The molecule has 0 spiro atoms. The number of benzene rings is 1. The molecule has 0 unspecified atom stereocenters. The first kappa shape index (κ1) is 27.2. The van der Waals surface area contributed by atoms with Crippen LogP contribution in [0.4, 0.5) is 0 Å². The van der Waals surface area contributed by atoms with E-state index in [4.69, 9.17) is 0 Å². The molecule has 2 amide bonds. The van der Waals surface area contributed by atoms with Crippen LogP contribution < -0.4 is 0 Å². The summed E-state index contributed by atoms with van der Waals surface area (Å²) in [5.41, 5.74) is 1.39. The van der Waals surface area contributed by atoms with Crippen LogP contribution in [0.5, 0.6) is 0 Å². The molecule has 0 N–H and O–H groups in total. The zero-order valence-corrected chi connectivity index (χ0v) is 24.4. The molecule has 0 atom stereocenters. The minimum Gasteiger partial charge on any atom is -0.333 e. The van der Waals surface area contributed by atoms with Gasteiger partial charge in [0, 0.05) is 34.2 Å². The number of rotatable bonds is 6. The van der Waals surface area contributed by atoms with Crippen molar-refractivity contribution >= 4 is 27.7 Å². The van der Waals surface area contributed by atoms with Gasteiger partial charge in [0.1, 0.15) is 0 Å². The summed E-state index contributed by atoms with van der Waals surface area (Å²) in [6.45, 7) is 0. The van der Waals surface area contributed by atoms with E-state index in [-0.39, 0.29) is 11.8 Å². The predicted molar refractivity (Wildman–Crippen MR) is 154 cm³/mol. The van der Waals surface area contributed by atoms with Crippen LogP contribution in [-0.4, -0.2) is 45.8 Å². The number of hydrogen-bond donors (Lipinski definition) is 0. The molecular formula is C32H47BrN2O2. The van der Waals surface area contributed by atoms with E-state index in [1.54, 1.807) is 0 Å². The van der Waals surface area contributed by atoms with Gasteiger partial charge in [0.25, 0.3) is 11.8 Å². The van der Waals surface area contributed by atoms with Gasteiger partial charge in [-0.25, -0.2) is 0 Å². The first-order valence-electron chi connectivity index (χ1n) is 15.6. The minimum absolute atomic E-state index is 0.141. The monoisotopic (exact) mass is 570 g/mol. The summed E-state index contributed by atoms with van der Waals surface area (Å²) in [5, 5.41) is 0. The summed E-state index contributed by atoms with van der Waals surface area (Å²) in [5.74, 6) is 0.296. The Kier molecular flexibility index (Phi) is 9.66. The molecule has 4 aliphatic rings. The maximum Gasteiger partial charge on any atom is 0.255 e. The van der Waals surface area contributed by atoms with E-state index in [0.717, 1.165) is 55.8 Å². The zero-order valence-electron chi connectivity index (χ0n) is 22.8. The number of carbonyl (C=O) groups excluding carboxylic acids is 2. The van der Waals surface area contributed by atoms with Gasteiger partial charge in [-0.2, -0.15) is 0 Å². The van der Waals surface area contributed by atoms with Crippen molar-refractivity contribution in [1.29, 1.82) is 0 Å². The van der Waals surface area contributed by atoms with Crippen LogP contribution >= 0.6 is 15.9 Å². The third-order valence-electron chi connectivity index (χ3n) is 9.79. The SMILES string of the molecule is O=C(c1ccc(Br)c(C(=O)N(C2CCCCC2)C2CCCCC2)c1)N(C1CCCCC1)C1CCCCC1. The van der Waals surface area contributed by atoms with Gasteiger partial charge in [-0.05, 0) is 85.5 Å². The van der Waals surface area contributed by atoms with Gasteiger partial charge < -0.3 is 9.80 Å². The number of nitrogens with zero attached hydrogens (tertiary/aromatic N) is 2. The van der Waals surface area contributed by atoms with Gasteiger partial charge in [0.05, 0.1) is 5.56 Å². The molecule has 0 aromatic heterocycles. The second-order valence-electron chi connectivity index (χ2n) is 12.3. The molecule has 0 aliphatic heterocycles. The van der Waals surface area contributed by atoms with E-state index in [9.17, 15) is 9.59 Å². The highest BCUT2D eigenvalue weighted by atomic mass is 79.9. The molecule has 0 bridgehead atoms. The molecule has 1 aromatic carbocycles. The highest BCUT2D eigenvalue weighted by molar-refractivity contribution is 9.10. The second-order valence-corrected chi connectivity index (χ2v) is 13.1.